The van der Waals surface area contributed by atoms with Crippen LogP contribution in [0.25, 0.3) is 0 Å². The summed E-state index contributed by atoms with van der Waals surface area (Å²) in [4.78, 5) is 10.4. The average Bonchev–Trinajstić information content (AvgIpc) is 2.06. The third-order valence-corrected chi connectivity index (χ3v) is 2.07. The number of nitrogens with zero attached hydrogens (tertiary/aromatic N) is 2. The SMILES string of the molecule is CC[N+]1(N=O)CCOCC1. The molecule has 1 aliphatic heterocycles. The van der Waals surface area contributed by atoms with Crippen LogP contribution < -0.4 is 0 Å². The summed E-state index contributed by atoms with van der Waals surface area (Å²) < 4.78 is 5.45. The molecule has 1 aliphatic rings. The number of rotatable bonds is 2. The van der Waals surface area contributed by atoms with Gasteiger partial charge in [0.1, 0.15) is 19.6 Å². The van der Waals surface area contributed by atoms with Gasteiger partial charge in [0.25, 0.3) is 0 Å². The lowest BCUT2D eigenvalue weighted by atomic mass is 10.4. The van der Waals surface area contributed by atoms with Crippen LogP contribution in [0, 0.1) is 4.91 Å². The molecule has 1 saturated heterocycles. The Labute approximate surface area is 60.3 Å². The van der Waals surface area contributed by atoms with Crippen molar-refractivity contribution in [1.82, 2.24) is 0 Å². The Hall–Kier alpha value is -0.480. The first kappa shape index (κ1) is 7.63. The van der Waals surface area contributed by atoms with Crippen molar-refractivity contribution in [2.75, 3.05) is 32.8 Å². The number of likely N-dealkylation sites (N-methyl/N-ethyl adjacent to an activating group) is 1. The molecule has 0 aliphatic carbocycles. The molecule has 1 heterocycles. The zero-order chi connectivity index (χ0) is 7.45. The minimum atomic E-state index is 0.333. The maximum Gasteiger partial charge on any atom is 0.153 e. The van der Waals surface area contributed by atoms with Crippen molar-refractivity contribution in [2.24, 2.45) is 5.29 Å². The molecule has 0 aromatic rings. The van der Waals surface area contributed by atoms with Gasteiger partial charge in [0.05, 0.1) is 13.2 Å². The first-order valence-corrected chi connectivity index (χ1v) is 3.62. The van der Waals surface area contributed by atoms with Crippen LogP contribution in [-0.2, 0) is 4.74 Å². The molecule has 0 unspecified atom stereocenters. The quantitative estimate of drug-likeness (QED) is 0.420. The molecule has 0 aromatic heterocycles. The van der Waals surface area contributed by atoms with E-state index in [0.717, 1.165) is 19.6 Å². The maximum atomic E-state index is 10.4. The number of hydrogen-bond acceptors (Lipinski definition) is 3. The smallest absolute Gasteiger partial charge is 0.153 e. The van der Waals surface area contributed by atoms with E-state index in [4.69, 9.17) is 4.74 Å². The lowest BCUT2D eigenvalue weighted by molar-refractivity contribution is -0.941. The van der Waals surface area contributed by atoms with Crippen LogP contribution in [0.5, 0.6) is 0 Å². The van der Waals surface area contributed by atoms with E-state index in [2.05, 4.69) is 5.29 Å². The third kappa shape index (κ3) is 1.33. The summed E-state index contributed by atoms with van der Waals surface area (Å²) in [5, 5.41) is 3.10. The van der Waals surface area contributed by atoms with Gasteiger partial charge in [-0.1, -0.05) is 4.91 Å². The van der Waals surface area contributed by atoms with Crippen molar-refractivity contribution < 1.29 is 9.33 Å². The standard InChI is InChI=1S/C6H13N2O2/c1-2-8(7-9)3-5-10-6-4-8/h2-6H2,1H3/q+1. The fourth-order valence-electron chi connectivity index (χ4n) is 1.14. The fraction of sp³-hybridized carbons (Fsp3) is 1.00. The van der Waals surface area contributed by atoms with Crippen LogP contribution in [0.1, 0.15) is 6.92 Å². The highest BCUT2D eigenvalue weighted by Gasteiger charge is 2.30. The highest BCUT2D eigenvalue weighted by atomic mass is 16.5. The Morgan fingerprint density at radius 2 is 2.10 bits per heavy atom. The van der Waals surface area contributed by atoms with E-state index in [-0.39, 0.29) is 0 Å². The number of nitroso groups, excluding NO2 is 1. The molecule has 0 saturated carbocycles. The summed E-state index contributed by atoms with van der Waals surface area (Å²) in [5.41, 5.74) is 0. The Kier molecular flexibility index (Phi) is 2.34. The molecule has 0 N–H and O–H groups in total. The first-order valence-electron chi connectivity index (χ1n) is 3.62. The summed E-state index contributed by atoms with van der Waals surface area (Å²) >= 11 is 0. The molecule has 1 rings (SSSR count). The second-order valence-electron chi connectivity index (χ2n) is 2.55. The van der Waals surface area contributed by atoms with Crippen LogP contribution in [-0.4, -0.2) is 37.4 Å². The van der Waals surface area contributed by atoms with Gasteiger partial charge in [0.2, 0.25) is 0 Å². The molecule has 0 aromatic carbocycles. The van der Waals surface area contributed by atoms with Gasteiger partial charge in [-0.25, -0.2) is 0 Å². The van der Waals surface area contributed by atoms with Crippen molar-refractivity contribution in [1.29, 1.82) is 0 Å². The Balaban J connectivity index is 2.52. The lowest BCUT2D eigenvalue weighted by Crippen LogP contribution is -2.50. The molecular weight excluding hydrogens is 132 g/mol. The van der Waals surface area contributed by atoms with E-state index in [1.807, 2.05) is 6.92 Å². The van der Waals surface area contributed by atoms with Crippen molar-refractivity contribution >= 4 is 0 Å². The van der Waals surface area contributed by atoms with Crippen molar-refractivity contribution in [2.45, 2.75) is 6.92 Å². The predicted molar refractivity (Wildman–Crippen MR) is 37.1 cm³/mol. The van der Waals surface area contributed by atoms with Gasteiger partial charge in [-0.3, -0.25) is 0 Å². The molecule has 0 atom stereocenters. The molecule has 10 heavy (non-hydrogen) atoms. The normalized spacial score (nSPS) is 24.1. The minimum absolute atomic E-state index is 0.333. The van der Waals surface area contributed by atoms with Gasteiger partial charge in [0.15, 0.2) is 5.29 Å². The van der Waals surface area contributed by atoms with Gasteiger partial charge in [-0.05, 0) is 6.92 Å². The van der Waals surface area contributed by atoms with Crippen LogP contribution in [0.4, 0.5) is 0 Å². The minimum Gasteiger partial charge on any atom is -0.370 e. The fourth-order valence-corrected chi connectivity index (χ4v) is 1.14. The highest BCUT2D eigenvalue weighted by molar-refractivity contribution is 4.44. The molecule has 58 valence electrons. The molecule has 0 bridgehead atoms. The molecule has 0 spiro atoms. The second kappa shape index (κ2) is 3.07. The Morgan fingerprint density at radius 3 is 2.40 bits per heavy atom. The van der Waals surface area contributed by atoms with Gasteiger partial charge < -0.3 is 4.74 Å². The molecule has 0 radical (unpaired) electrons. The molecular formula is C6H13N2O2+. The number of morpholine rings is 1. The summed E-state index contributed by atoms with van der Waals surface area (Å²) in [5.74, 6) is 0. The van der Waals surface area contributed by atoms with Crippen molar-refractivity contribution in [3.63, 3.8) is 0 Å². The summed E-state index contributed by atoms with van der Waals surface area (Å²) in [7, 11) is 0. The number of hydrogen-bond donors (Lipinski definition) is 0. The molecule has 4 heteroatoms. The maximum absolute atomic E-state index is 10.4. The van der Waals surface area contributed by atoms with Crippen molar-refractivity contribution in [3.8, 4) is 0 Å². The van der Waals surface area contributed by atoms with Gasteiger partial charge in [-0.15, -0.1) is 0 Å². The van der Waals surface area contributed by atoms with Gasteiger partial charge >= 0.3 is 0 Å². The molecule has 0 amide bonds. The van der Waals surface area contributed by atoms with Gasteiger partial charge in [-0.2, -0.15) is 4.59 Å². The van der Waals surface area contributed by atoms with Crippen LogP contribution in [0.15, 0.2) is 5.29 Å². The average molecular weight is 145 g/mol. The van der Waals surface area contributed by atoms with E-state index in [9.17, 15) is 4.91 Å². The highest BCUT2D eigenvalue weighted by Crippen LogP contribution is 2.10. The van der Waals surface area contributed by atoms with Crippen LogP contribution in [0.2, 0.25) is 0 Å². The van der Waals surface area contributed by atoms with Crippen molar-refractivity contribution in [3.05, 3.63) is 4.91 Å². The van der Waals surface area contributed by atoms with E-state index < -0.39 is 0 Å². The zero-order valence-electron chi connectivity index (χ0n) is 6.25. The topological polar surface area (TPSA) is 38.7 Å². The van der Waals surface area contributed by atoms with E-state index in [0.29, 0.717) is 17.8 Å². The lowest BCUT2D eigenvalue weighted by Gasteiger charge is -2.30. The second-order valence-corrected chi connectivity index (χ2v) is 2.55. The number of quaternary nitrogens is 1. The Morgan fingerprint density at radius 1 is 1.50 bits per heavy atom. The largest absolute Gasteiger partial charge is 0.370 e. The summed E-state index contributed by atoms with van der Waals surface area (Å²) in [6.45, 7) is 5.57. The first-order chi connectivity index (χ1) is 4.83. The monoisotopic (exact) mass is 145 g/mol. The van der Waals surface area contributed by atoms with Crippen LogP contribution in [0.3, 0.4) is 0 Å². The molecule has 1 fully saturated rings. The van der Waals surface area contributed by atoms with E-state index in [1.165, 1.54) is 0 Å². The summed E-state index contributed by atoms with van der Waals surface area (Å²) in [6, 6.07) is 0. The number of ether oxygens (including phenoxy) is 1. The predicted octanol–water partition coefficient (Wildman–Crippen LogP) is 0.535. The third-order valence-electron chi connectivity index (χ3n) is 2.07. The van der Waals surface area contributed by atoms with Gasteiger partial charge in [0, 0.05) is 0 Å². The Bertz CT molecular complexity index is 121. The van der Waals surface area contributed by atoms with E-state index >= 15 is 0 Å². The molecule has 4 nitrogen and oxygen atoms in total. The van der Waals surface area contributed by atoms with Crippen LogP contribution >= 0.6 is 0 Å². The summed E-state index contributed by atoms with van der Waals surface area (Å²) in [6.07, 6.45) is 0. The van der Waals surface area contributed by atoms with E-state index in [1.54, 1.807) is 0 Å². The zero-order valence-corrected chi connectivity index (χ0v) is 6.25.